The number of rotatable bonds is 1. The second kappa shape index (κ2) is 4.25. The van der Waals surface area contributed by atoms with Crippen molar-refractivity contribution in [3.8, 4) is 11.1 Å². The van der Waals surface area contributed by atoms with Gasteiger partial charge in [-0.15, -0.1) is 0 Å². The summed E-state index contributed by atoms with van der Waals surface area (Å²) in [5.74, 6) is 0.902. The minimum absolute atomic E-state index is 0.388. The van der Waals surface area contributed by atoms with E-state index in [2.05, 4.69) is 35.6 Å². The van der Waals surface area contributed by atoms with Crippen molar-refractivity contribution >= 4 is 0 Å². The summed E-state index contributed by atoms with van der Waals surface area (Å²) in [5.41, 5.74) is 6.24. The van der Waals surface area contributed by atoms with Crippen LogP contribution in [0.3, 0.4) is 0 Å². The van der Waals surface area contributed by atoms with Crippen molar-refractivity contribution in [2.24, 2.45) is 0 Å². The fourth-order valence-electron chi connectivity index (χ4n) is 2.95. The molecule has 0 aliphatic carbocycles. The summed E-state index contributed by atoms with van der Waals surface area (Å²) in [6, 6.07) is 6.93. The molecule has 0 fully saturated rings. The highest BCUT2D eigenvalue weighted by Gasteiger charge is 2.22. The summed E-state index contributed by atoms with van der Waals surface area (Å²) in [4.78, 5) is 0. The molecule has 0 spiro atoms. The standard InChI is InChI=1S/C15H18N2O/c1-9-15-12(7-8-16-9)5-4-6-13(15)14-10(2)17-18-11(14)3/h4-6,9,16H,7-8H2,1-3H3. The minimum atomic E-state index is 0.388. The molecule has 3 nitrogen and oxygen atoms in total. The van der Waals surface area contributed by atoms with E-state index in [0.717, 1.165) is 30.0 Å². The van der Waals surface area contributed by atoms with Gasteiger partial charge >= 0.3 is 0 Å². The van der Waals surface area contributed by atoms with Gasteiger partial charge in [-0.1, -0.05) is 23.4 Å². The number of aryl methyl sites for hydroxylation is 2. The number of nitrogens with zero attached hydrogens (tertiary/aromatic N) is 1. The van der Waals surface area contributed by atoms with Crippen LogP contribution in [0.15, 0.2) is 22.7 Å². The molecular weight excluding hydrogens is 224 g/mol. The van der Waals surface area contributed by atoms with E-state index in [-0.39, 0.29) is 0 Å². The molecule has 1 N–H and O–H groups in total. The van der Waals surface area contributed by atoms with Gasteiger partial charge in [0, 0.05) is 11.6 Å². The number of aromatic nitrogens is 1. The summed E-state index contributed by atoms with van der Waals surface area (Å²) in [6.45, 7) is 7.26. The van der Waals surface area contributed by atoms with Gasteiger partial charge in [0.25, 0.3) is 0 Å². The number of benzene rings is 1. The largest absolute Gasteiger partial charge is 0.361 e. The number of fused-ring (bicyclic) bond motifs is 1. The maximum Gasteiger partial charge on any atom is 0.141 e. The van der Waals surface area contributed by atoms with Crippen LogP contribution in [0.25, 0.3) is 11.1 Å². The van der Waals surface area contributed by atoms with Crippen molar-refractivity contribution in [2.45, 2.75) is 33.2 Å². The first kappa shape index (κ1) is 11.5. The first-order chi connectivity index (χ1) is 8.68. The monoisotopic (exact) mass is 242 g/mol. The molecule has 1 aliphatic heterocycles. The molecule has 1 atom stereocenters. The zero-order chi connectivity index (χ0) is 12.7. The van der Waals surface area contributed by atoms with Crippen molar-refractivity contribution in [1.29, 1.82) is 0 Å². The predicted molar refractivity (Wildman–Crippen MR) is 71.5 cm³/mol. The highest BCUT2D eigenvalue weighted by molar-refractivity contribution is 5.73. The highest BCUT2D eigenvalue weighted by atomic mass is 16.5. The van der Waals surface area contributed by atoms with E-state index in [1.54, 1.807) is 0 Å². The second-order valence-electron chi connectivity index (χ2n) is 5.00. The second-order valence-corrected chi connectivity index (χ2v) is 5.00. The van der Waals surface area contributed by atoms with Gasteiger partial charge in [-0.25, -0.2) is 0 Å². The van der Waals surface area contributed by atoms with Crippen molar-refractivity contribution in [3.05, 3.63) is 40.8 Å². The first-order valence-electron chi connectivity index (χ1n) is 6.47. The van der Waals surface area contributed by atoms with Gasteiger partial charge in [-0.3, -0.25) is 0 Å². The van der Waals surface area contributed by atoms with Crippen LogP contribution in [0.5, 0.6) is 0 Å². The number of hydrogen-bond donors (Lipinski definition) is 1. The fourth-order valence-corrected chi connectivity index (χ4v) is 2.95. The third kappa shape index (κ3) is 1.66. The maximum absolute atomic E-state index is 5.31. The summed E-state index contributed by atoms with van der Waals surface area (Å²) >= 11 is 0. The molecule has 0 radical (unpaired) electrons. The van der Waals surface area contributed by atoms with E-state index < -0.39 is 0 Å². The van der Waals surface area contributed by atoms with E-state index in [1.165, 1.54) is 16.7 Å². The predicted octanol–water partition coefficient (Wildman–Crippen LogP) is 3.17. The smallest absolute Gasteiger partial charge is 0.141 e. The van der Waals surface area contributed by atoms with Crippen LogP contribution in [-0.4, -0.2) is 11.7 Å². The Bertz CT molecular complexity index is 567. The SMILES string of the molecule is Cc1noc(C)c1-c1cccc2c1C(C)NCC2. The van der Waals surface area contributed by atoms with Gasteiger partial charge in [0.05, 0.1) is 5.69 Å². The third-order valence-electron chi connectivity index (χ3n) is 3.78. The fraction of sp³-hybridized carbons (Fsp3) is 0.400. The first-order valence-corrected chi connectivity index (χ1v) is 6.47. The molecule has 1 aromatic heterocycles. The van der Waals surface area contributed by atoms with Crippen LogP contribution < -0.4 is 5.32 Å². The van der Waals surface area contributed by atoms with Gasteiger partial charge in [0.2, 0.25) is 0 Å². The Kier molecular flexibility index (Phi) is 2.71. The molecular formula is C15H18N2O. The van der Waals surface area contributed by atoms with Gasteiger partial charge in [0.1, 0.15) is 5.76 Å². The van der Waals surface area contributed by atoms with Crippen molar-refractivity contribution in [2.75, 3.05) is 6.54 Å². The summed E-state index contributed by atoms with van der Waals surface area (Å²) in [7, 11) is 0. The average molecular weight is 242 g/mol. The zero-order valence-electron chi connectivity index (χ0n) is 11.1. The van der Waals surface area contributed by atoms with E-state index in [0.29, 0.717) is 6.04 Å². The van der Waals surface area contributed by atoms with Crippen LogP contribution in [0, 0.1) is 13.8 Å². The van der Waals surface area contributed by atoms with Crippen LogP contribution in [0.1, 0.15) is 35.5 Å². The van der Waals surface area contributed by atoms with Gasteiger partial charge in [-0.2, -0.15) is 0 Å². The van der Waals surface area contributed by atoms with E-state index in [4.69, 9.17) is 4.52 Å². The molecule has 2 heterocycles. The Morgan fingerprint density at radius 3 is 2.89 bits per heavy atom. The third-order valence-corrected chi connectivity index (χ3v) is 3.78. The summed E-state index contributed by atoms with van der Waals surface area (Å²) in [6.07, 6.45) is 1.09. The lowest BCUT2D eigenvalue weighted by Crippen LogP contribution is -2.28. The molecule has 0 saturated heterocycles. The molecule has 1 unspecified atom stereocenters. The minimum Gasteiger partial charge on any atom is -0.361 e. The molecule has 1 aliphatic rings. The van der Waals surface area contributed by atoms with Crippen molar-refractivity contribution in [1.82, 2.24) is 10.5 Å². The zero-order valence-corrected chi connectivity index (χ0v) is 11.1. The number of nitrogens with one attached hydrogen (secondary N) is 1. The summed E-state index contributed by atoms with van der Waals surface area (Å²) in [5, 5.41) is 7.60. The van der Waals surface area contributed by atoms with Crippen LogP contribution >= 0.6 is 0 Å². The molecule has 2 aromatic rings. The van der Waals surface area contributed by atoms with Crippen molar-refractivity contribution < 1.29 is 4.52 Å². The maximum atomic E-state index is 5.31. The van der Waals surface area contributed by atoms with Gasteiger partial charge < -0.3 is 9.84 Å². The van der Waals surface area contributed by atoms with E-state index in [1.807, 2.05) is 13.8 Å². The molecule has 1 aromatic carbocycles. The Morgan fingerprint density at radius 1 is 1.33 bits per heavy atom. The molecule has 18 heavy (non-hydrogen) atoms. The average Bonchev–Trinajstić information content (AvgIpc) is 2.69. The lowest BCUT2D eigenvalue weighted by Gasteiger charge is -2.26. The highest BCUT2D eigenvalue weighted by Crippen LogP contribution is 2.36. The summed E-state index contributed by atoms with van der Waals surface area (Å²) < 4.78 is 5.31. The molecule has 0 amide bonds. The molecule has 0 bridgehead atoms. The Balaban J connectivity index is 2.25. The Morgan fingerprint density at radius 2 is 2.17 bits per heavy atom. The Labute approximate surface area is 107 Å². The Hall–Kier alpha value is -1.61. The van der Waals surface area contributed by atoms with Gasteiger partial charge in [0.15, 0.2) is 0 Å². The molecule has 3 heteroatoms. The van der Waals surface area contributed by atoms with Crippen LogP contribution in [0.2, 0.25) is 0 Å². The lowest BCUT2D eigenvalue weighted by atomic mass is 9.87. The van der Waals surface area contributed by atoms with E-state index >= 15 is 0 Å². The van der Waals surface area contributed by atoms with Crippen LogP contribution in [0.4, 0.5) is 0 Å². The molecule has 3 rings (SSSR count). The van der Waals surface area contributed by atoms with Crippen LogP contribution in [-0.2, 0) is 6.42 Å². The number of hydrogen-bond acceptors (Lipinski definition) is 3. The van der Waals surface area contributed by atoms with Gasteiger partial charge in [-0.05, 0) is 50.4 Å². The molecule has 94 valence electrons. The normalized spacial score (nSPS) is 18.7. The lowest BCUT2D eigenvalue weighted by molar-refractivity contribution is 0.393. The van der Waals surface area contributed by atoms with Crippen molar-refractivity contribution in [3.63, 3.8) is 0 Å². The molecule has 0 saturated carbocycles. The quantitative estimate of drug-likeness (QED) is 0.834. The topological polar surface area (TPSA) is 38.1 Å². The van der Waals surface area contributed by atoms with E-state index in [9.17, 15) is 0 Å².